The Morgan fingerprint density at radius 1 is 1.58 bits per heavy atom. The third kappa shape index (κ3) is 2.95. The van der Waals surface area contributed by atoms with Crippen LogP contribution in [-0.4, -0.2) is 11.6 Å². The lowest BCUT2D eigenvalue weighted by atomic mass is 10.5. The van der Waals surface area contributed by atoms with E-state index in [9.17, 15) is 4.57 Å². The van der Waals surface area contributed by atoms with Crippen LogP contribution in [-0.2, 0) is 9.09 Å². The minimum Gasteiger partial charge on any atom is -0.217 e. The molecule has 1 unspecified atom stereocenters. The van der Waals surface area contributed by atoms with Crippen molar-refractivity contribution in [1.29, 1.82) is 0 Å². The van der Waals surface area contributed by atoms with E-state index in [1.54, 1.807) is 31.3 Å². The Kier molecular flexibility index (Phi) is 3.64. The maximum atomic E-state index is 10.9. The van der Waals surface area contributed by atoms with E-state index in [2.05, 4.69) is 4.98 Å². The van der Waals surface area contributed by atoms with Gasteiger partial charge in [-0.25, -0.2) is 9.51 Å². The summed E-state index contributed by atoms with van der Waals surface area (Å²) in [6, 6.07) is 5.12. The summed E-state index contributed by atoms with van der Waals surface area (Å²) in [5.41, 5.74) is 0. The van der Waals surface area contributed by atoms with E-state index in [1.165, 1.54) is 0 Å². The van der Waals surface area contributed by atoms with E-state index in [1.807, 2.05) is 0 Å². The fraction of sp³-hybridized carbons (Fsp3) is 0.286. The summed E-state index contributed by atoms with van der Waals surface area (Å²) in [5, 5.41) is 0. The molecule has 12 heavy (non-hydrogen) atoms. The van der Waals surface area contributed by atoms with Gasteiger partial charge in [-0.15, -0.1) is 4.52 Å². The Labute approximate surface area is 71.5 Å². The Bertz CT molecular complexity index is 252. The van der Waals surface area contributed by atoms with Crippen LogP contribution in [0.3, 0.4) is 0 Å². The van der Waals surface area contributed by atoms with Crippen molar-refractivity contribution in [1.82, 2.24) is 4.98 Å². The minimum atomic E-state index is -2.07. The molecule has 1 aromatic heterocycles. The van der Waals surface area contributed by atoms with Gasteiger partial charge in [-0.2, -0.15) is 0 Å². The number of aromatic nitrogens is 1. The first kappa shape index (κ1) is 9.10. The predicted molar refractivity (Wildman–Crippen MR) is 44.1 cm³/mol. The monoisotopic (exact) mass is 186 g/mol. The van der Waals surface area contributed by atoms with Crippen molar-refractivity contribution in [3.8, 4) is 5.88 Å². The molecule has 5 heteroatoms. The van der Waals surface area contributed by atoms with E-state index in [-0.39, 0.29) is 0 Å². The molecule has 0 radical (unpaired) electrons. The molecule has 1 atom stereocenters. The Hall–Kier alpha value is -0.990. The first-order chi connectivity index (χ1) is 5.83. The number of nitrogens with zero attached hydrogens (tertiary/aromatic N) is 1. The van der Waals surface area contributed by atoms with Crippen LogP contribution in [0.15, 0.2) is 24.4 Å². The van der Waals surface area contributed by atoms with E-state index in [0.717, 1.165) is 0 Å². The van der Waals surface area contributed by atoms with Crippen LogP contribution in [0.5, 0.6) is 5.88 Å². The molecular formula is C7H9NO3P+. The predicted octanol–water partition coefficient (Wildman–Crippen LogP) is 2.15. The summed E-state index contributed by atoms with van der Waals surface area (Å²) in [6.45, 7) is 2.11. The summed E-state index contributed by atoms with van der Waals surface area (Å²) in [7, 11) is -2.07. The largest absolute Gasteiger partial charge is 0.751 e. The molecule has 0 fully saturated rings. The van der Waals surface area contributed by atoms with Gasteiger partial charge >= 0.3 is 8.25 Å². The van der Waals surface area contributed by atoms with E-state index in [4.69, 9.17) is 9.05 Å². The van der Waals surface area contributed by atoms with Crippen molar-refractivity contribution in [3.63, 3.8) is 0 Å². The molecule has 0 aromatic carbocycles. The van der Waals surface area contributed by atoms with Gasteiger partial charge in [0.1, 0.15) is 6.61 Å². The highest BCUT2D eigenvalue weighted by atomic mass is 31.1. The molecule has 0 aliphatic rings. The lowest BCUT2D eigenvalue weighted by Crippen LogP contribution is -1.87. The first-order valence-electron chi connectivity index (χ1n) is 3.52. The van der Waals surface area contributed by atoms with E-state index >= 15 is 0 Å². The SMILES string of the molecule is CCO[P+](=O)Oc1ccccn1. The first-order valence-corrected chi connectivity index (χ1v) is 4.61. The zero-order valence-electron chi connectivity index (χ0n) is 6.64. The van der Waals surface area contributed by atoms with Crippen LogP contribution in [0.25, 0.3) is 0 Å². The van der Waals surface area contributed by atoms with Gasteiger partial charge in [0.25, 0.3) is 5.88 Å². The molecule has 64 valence electrons. The fourth-order valence-electron chi connectivity index (χ4n) is 0.609. The van der Waals surface area contributed by atoms with Gasteiger partial charge < -0.3 is 0 Å². The lowest BCUT2D eigenvalue weighted by Gasteiger charge is -1.88. The van der Waals surface area contributed by atoms with Gasteiger partial charge in [0, 0.05) is 16.8 Å². The standard InChI is InChI=1S/C7H9NO3P/c1-2-10-12(9)11-7-5-3-4-6-8-7/h3-6H,2H2,1H3/q+1. The Morgan fingerprint density at radius 3 is 3.00 bits per heavy atom. The third-order valence-corrected chi connectivity index (χ3v) is 1.85. The van der Waals surface area contributed by atoms with Crippen molar-refractivity contribution in [3.05, 3.63) is 24.4 Å². The molecule has 0 aliphatic heterocycles. The maximum Gasteiger partial charge on any atom is 0.751 e. The van der Waals surface area contributed by atoms with Crippen molar-refractivity contribution in [2.45, 2.75) is 6.92 Å². The Balaban J connectivity index is 2.47. The van der Waals surface area contributed by atoms with Crippen LogP contribution in [0.4, 0.5) is 0 Å². The smallest absolute Gasteiger partial charge is 0.217 e. The summed E-state index contributed by atoms with van der Waals surface area (Å²) < 4.78 is 20.4. The highest BCUT2D eigenvalue weighted by Crippen LogP contribution is 2.25. The van der Waals surface area contributed by atoms with Gasteiger partial charge in [0.15, 0.2) is 0 Å². The van der Waals surface area contributed by atoms with Gasteiger partial charge in [0.2, 0.25) is 0 Å². The average molecular weight is 186 g/mol. The number of pyridine rings is 1. The minimum absolute atomic E-state index is 0.312. The number of hydrogen-bond donors (Lipinski definition) is 0. The molecule has 4 nitrogen and oxygen atoms in total. The quantitative estimate of drug-likeness (QED) is 0.676. The van der Waals surface area contributed by atoms with Crippen LogP contribution in [0.1, 0.15) is 6.92 Å². The molecule has 0 N–H and O–H groups in total. The van der Waals surface area contributed by atoms with Gasteiger partial charge in [-0.05, 0) is 13.0 Å². The molecule has 0 saturated carbocycles. The van der Waals surface area contributed by atoms with Crippen LogP contribution in [0.2, 0.25) is 0 Å². The number of hydrogen-bond acceptors (Lipinski definition) is 4. The lowest BCUT2D eigenvalue weighted by molar-refractivity contribution is 0.300. The average Bonchev–Trinajstić information content (AvgIpc) is 2.06. The zero-order valence-corrected chi connectivity index (χ0v) is 7.53. The van der Waals surface area contributed by atoms with Crippen molar-refractivity contribution >= 4 is 8.25 Å². The van der Waals surface area contributed by atoms with Crippen LogP contribution >= 0.6 is 8.25 Å². The zero-order chi connectivity index (χ0) is 8.81. The molecule has 1 aromatic rings. The summed E-state index contributed by atoms with van der Waals surface area (Å²) in [5.74, 6) is 0.312. The normalized spacial score (nSPS) is 10.9. The molecule has 0 saturated heterocycles. The van der Waals surface area contributed by atoms with Crippen LogP contribution in [0, 0.1) is 0 Å². The second-order valence-corrected chi connectivity index (χ2v) is 2.79. The molecule has 0 spiro atoms. The molecule has 0 amide bonds. The van der Waals surface area contributed by atoms with Crippen molar-refractivity contribution in [2.24, 2.45) is 0 Å². The fourth-order valence-corrected chi connectivity index (χ4v) is 1.13. The topological polar surface area (TPSA) is 48.4 Å². The van der Waals surface area contributed by atoms with E-state index in [0.29, 0.717) is 12.5 Å². The van der Waals surface area contributed by atoms with Crippen molar-refractivity contribution in [2.75, 3.05) is 6.61 Å². The van der Waals surface area contributed by atoms with Crippen molar-refractivity contribution < 1.29 is 13.6 Å². The van der Waals surface area contributed by atoms with Gasteiger partial charge in [-0.1, -0.05) is 6.07 Å². The molecule has 1 rings (SSSR count). The number of rotatable bonds is 4. The van der Waals surface area contributed by atoms with E-state index < -0.39 is 8.25 Å². The second kappa shape index (κ2) is 4.80. The molecule has 0 bridgehead atoms. The maximum absolute atomic E-state index is 10.9. The Morgan fingerprint density at radius 2 is 2.42 bits per heavy atom. The van der Waals surface area contributed by atoms with Crippen LogP contribution < -0.4 is 4.52 Å². The second-order valence-electron chi connectivity index (χ2n) is 1.90. The summed E-state index contributed by atoms with van der Waals surface area (Å²) >= 11 is 0. The summed E-state index contributed by atoms with van der Waals surface area (Å²) in [6.07, 6.45) is 1.56. The third-order valence-electron chi connectivity index (χ3n) is 1.04. The molecule has 1 heterocycles. The molecule has 0 aliphatic carbocycles. The molecular weight excluding hydrogens is 177 g/mol. The highest BCUT2D eigenvalue weighted by molar-refractivity contribution is 7.33. The van der Waals surface area contributed by atoms with Gasteiger partial charge in [0.05, 0.1) is 0 Å². The van der Waals surface area contributed by atoms with Gasteiger partial charge in [-0.3, -0.25) is 0 Å². The summed E-state index contributed by atoms with van der Waals surface area (Å²) in [4.78, 5) is 3.81. The highest BCUT2D eigenvalue weighted by Gasteiger charge is 2.20.